The molecule has 1 N–H and O–H groups in total. The van der Waals surface area contributed by atoms with E-state index < -0.39 is 16.2 Å². The van der Waals surface area contributed by atoms with Gasteiger partial charge in [-0.2, -0.15) is 5.26 Å². The normalized spacial score (nSPS) is 10.7. The zero-order chi connectivity index (χ0) is 15.3. The highest BCUT2D eigenvalue weighted by molar-refractivity contribution is 5.98. The Kier molecular flexibility index (Phi) is 4.81. The van der Waals surface area contributed by atoms with Crippen molar-refractivity contribution in [3.63, 3.8) is 0 Å². The molecule has 0 saturated carbocycles. The number of hydrogen-bond donors (Lipinski definition) is 1. The molecule has 0 heterocycles. The summed E-state index contributed by atoms with van der Waals surface area (Å²) in [5, 5.41) is 22.7. The minimum absolute atomic E-state index is 0.118. The molecule has 0 aliphatic heterocycles. The summed E-state index contributed by atoms with van der Waals surface area (Å²) < 4.78 is 0. The van der Waals surface area contributed by atoms with Gasteiger partial charge >= 0.3 is 0 Å². The highest BCUT2D eigenvalue weighted by Gasteiger charge is 2.36. The van der Waals surface area contributed by atoms with E-state index in [1.165, 1.54) is 12.1 Å². The van der Waals surface area contributed by atoms with E-state index in [1.54, 1.807) is 26.8 Å². The second-order valence-corrected chi connectivity index (χ2v) is 4.63. The van der Waals surface area contributed by atoms with E-state index in [4.69, 9.17) is 0 Å². The predicted octanol–water partition coefficient (Wildman–Crippen LogP) is 3.17. The van der Waals surface area contributed by atoms with Gasteiger partial charge in [0.1, 0.15) is 11.1 Å². The fraction of sp³-hybridized carbons (Fsp3) is 0.429. The Labute approximate surface area is 117 Å². The topological polar surface area (TPSA) is 96.0 Å². The number of carbonyl (C=O) groups excluding carboxylic acids is 1. The molecule has 106 valence electrons. The minimum atomic E-state index is -1.15. The second-order valence-electron chi connectivity index (χ2n) is 4.63. The number of carbonyl (C=O) groups is 1. The first-order chi connectivity index (χ1) is 9.40. The molecule has 0 bridgehead atoms. The Morgan fingerprint density at radius 3 is 2.50 bits per heavy atom. The molecule has 0 aromatic heterocycles. The fourth-order valence-electron chi connectivity index (χ4n) is 1.92. The first-order valence-corrected chi connectivity index (χ1v) is 6.38. The summed E-state index contributed by atoms with van der Waals surface area (Å²) in [6.07, 6.45) is 0.705. The van der Waals surface area contributed by atoms with Crippen molar-refractivity contribution in [2.45, 2.75) is 33.6 Å². The largest absolute Gasteiger partial charge is 0.319 e. The summed E-state index contributed by atoms with van der Waals surface area (Å²) in [6.45, 7) is 5.22. The van der Waals surface area contributed by atoms with Crippen LogP contribution in [0.15, 0.2) is 18.2 Å². The summed E-state index contributed by atoms with van der Waals surface area (Å²) in [4.78, 5) is 22.7. The van der Waals surface area contributed by atoms with Gasteiger partial charge in [0.25, 0.3) is 5.69 Å². The van der Waals surface area contributed by atoms with Gasteiger partial charge in [-0.3, -0.25) is 14.9 Å². The Morgan fingerprint density at radius 1 is 1.45 bits per heavy atom. The van der Waals surface area contributed by atoms with Crippen LogP contribution in [-0.4, -0.2) is 10.8 Å². The monoisotopic (exact) mass is 275 g/mol. The summed E-state index contributed by atoms with van der Waals surface area (Å²) in [6, 6.07) is 6.56. The number of anilines is 1. The van der Waals surface area contributed by atoms with Crippen molar-refractivity contribution in [3.8, 4) is 6.07 Å². The number of nitriles is 1. The number of rotatable bonds is 5. The van der Waals surface area contributed by atoms with Crippen molar-refractivity contribution in [1.82, 2.24) is 0 Å². The van der Waals surface area contributed by atoms with Crippen LogP contribution >= 0.6 is 0 Å². The molecule has 1 rings (SSSR count). The molecule has 0 radical (unpaired) electrons. The van der Waals surface area contributed by atoms with Crippen LogP contribution in [0.4, 0.5) is 11.4 Å². The van der Waals surface area contributed by atoms with Crippen LogP contribution in [0.3, 0.4) is 0 Å². The maximum atomic E-state index is 12.2. The number of nitrogens with zero attached hydrogens (tertiary/aromatic N) is 2. The van der Waals surface area contributed by atoms with Crippen molar-refractivity contribution in [2.75, 3.05) is 5.32 Å². The molecule has 0 unspecified atom stereocenters. The number of nitrogens with one attached hydrogen (secondary N) is 1. The summed E-state index contributed by atoms with van der Waals surface area (Å²) in [5.41, 5.74) is -0.476. The average molecular weight is 275 g/mol. The van der Waals surface area contributed by atoms with E-state index in [-0.39, 0.29) is 11.4 Å². The lowest BCUT2D eigenvalue weighted by Gasteiger charge is -2.22. The van der Waals surface area contributed by atoms with Gasteiger partial charge in [-0.25, -0.2) is 0 Å². The van der Waals surface area contributed by atoms with Crippen LogP contribution in [0, 0.1) is 33.8 Å². The molecule has 0 aliphatic carbocycles. The van der Waals surface area contributed by atoms with Gasteiger partial charge in [-0.05, 0) is 31.4 Å². The van der Waals surface area contributed by atoms with Crippen molar-refractivity contribution >= 4 is 17.3 Å². The van der Waals surface area contributed by atoms with Gasteiger partial charge < -0.3 is 5.32 Å². The number of benzene rings is 1. The van der Waals surface area contributed by atoms with Crippen LogP contribution in [-0.2, 0) is 4.79 Å². The van der Waals surface area contributed by atoms with Crippen LogP contribution in [0.2, 0.25) is 0 Å². The molecule has 0 fully saturated rings. The van der Waals surface area contributed by atoms with Crippen molar-refractivity contribution in [1.29, 1.82) is 5.26 Å². The molecular formula is C14H17N3O3. The molecule has 0 saturated heterocycles. The molecule has 0 aliphatic rings. The lowest BCUT2D eigenvalue weighted by molar-refractivity contribution is -0.384. The van der Waals surface area contributed by atoms with Crippen molar-refractivity contribution in [2.24, 2.45) is 5.41 Å². The maximum absolute atomic E-state index is 12.2. The maximum Gasteiger partial charge on any atom is 0.293 e. The molecule has 1 aromatic carbocycles. The molecule has 20 heavy (non-hydrogen) atoms. The fourth-order valence-corrected chi connectivity index (χ4v) is 1.92. The van der Waals surface area contributed by atoms with Gasteiger partial charge in [-0.1, -0.05) is 19.9 Å². The molecular weight excluding hydrogens is 258 g/mol. The number of amides is 1. The number of aryl methyl sites for hydroxylation is 1. The van der Waals surface area contributed by atoms with E-state index in [2.05, 4.69) is 5.32 Å². The van der Waals surface area contributed by atoms with Crippen LogP contribution < -0.4 is 5.32 Å². The first kappa shape index (κ1) is 15.6. The van der Waals surface area contributed by atoms with Gasteiger partial charge in [0, 0.05) is 6.07 Å². The zero-order valence-corrected chi connectivity index (χ0v) is 11.8. The smallest absolute Gasteiger partial charge is 0.293 e. The number of nitro groups is 1. The van der Waals surface area contributed by atoms with Gasteiger partial charge in [0.05, 0.1) is 11.0 Å². The predicted molar refractivity (Wildman–Crippen MR) is 75.1 cm³/mol. The lowest BCUT2D eigenvalue weighted by atomic mass is 9.83. The van der Waals surface area contributed by atoms with E-state index in [0.717, 1.165) is 5.56 Å². The standard InChI is InChI=1S/C14H17N3O3/c1-4-14(5-2,9-15)13(18)16-11-7-6-10(3)8-12(11)17(19)20/h6-8H,4-5H2,1-3H3,(H,16,18). The SMILES string of the molecule is CCC(C#N)(CC)C(=O)Nc1ccc(C)cc1[N+](=O)[O-]. The molecule has 6 heteroatoms. The van der Waals surface area contributed by atoms with Crippen LogP contribution in [0.1, 0.15) is 32.3 Å². The quantitative estimate of drug-likeness (QED) is 0.659. The third-order valence-corrected chi connectivity index (χ3v) is 3.45. The molecule has 0 spiro atoms. The van der Waals surface area contributed by atoms with Crippen LogP contribution in [0.5, 0.6) is 0 Å². The average Bonchev–Trinajstić information content (AvgIpc) is 2.43. The number of nitro benzene ring substituents is 1. The molecule has 0 atom stereocenters. The summed E-state index contributed by atoms with van der Waals surface area (Å²) >= 11 is 0. The summed E-state index contributed by atoms with van der Waals surface area (Å²) in [5.74, 6) is -0.503. The molecule has 1 aromatic rings. The highest BCUT2D eigenvalue weighted by Crippen LogP contribution is 2.30. The van der Waals surface area contributed by atoms with Crippen LogP contribution in [0.25, 0.3) is 0 Å². The number of hydrogen-bond acceptors (Lipinski definition) is 4. The Balaban J connectivity index is 3.14. The Bertz CT molecular complexity index is 572. The lowest BCUT2D eigenvalue weighted by Crippen LogP contribution is -2.34. The van der Waals surface area contributed by atoms with Gasteiger partial charge in [-0.15, -0.1) is 0 Å². The van der Waals surface area contributed by atoms with Gasteiger partial charge in [0.2, 0.25) is 5.91 Å². The minimum Gasteiger partial charge on any atom is -0.319 e. The Hall–Kier alpha value is -2.42. The first-order valence-electron chi connectivity index (χ1n) is 6.38. The van der Waals surface area contributed by atoms with Gasteiger partial charge in [0.15, 0.2) is 0 Å². The molecule has 1 amide bonds. The second kappa shape index (κ2) is 6.15. The zero-order valence-electron chi connectivity index (χ0n) is 11.8. The van der Waals surface area contributed by atoms with E-state index in [1.807, 2.05) is 6.07 Å². The highest BCUT2D eigenvalue weighted by atomic mass is 16.6. The van der Waals surface area contributed by atoms with E-state index >= 15 is 0 Å². The Morgan fingerprint density at radius 2 is 2.05 bits per heavy atom. The van der Waals surface area contributed by atoms with E-state index in [9.17, 15) is 20.2 Å². The third kappa shape index (κ3) is 2.94. The van der Waals surface area contributed by atoms with E-state index in [0.29, 0.717) is 12.8 Å². The third-order valence-electron chi connectivity index (χ3n) is 3.45. The molecule has 6 nitrogen and oxygen atoms in total. The van der Waals surface area contributed by atoms with Crippen molar-refractivity contribution < 1.29 is 9.72 Å². The van der Waals surface area contributed by atoms with Crippen molar-refractivity contribution in [3.05, 3.63) is 33.9 Å². The summed E-state index contributed by atoms with van der Waals surface area (Å²) in [7, 11) is 0.